The maximum absolute atomic E-state index is 9.34. The lowest BCUT2D eigenvalue weighted by atomic mass is 9.87. The first-order chi connectivity index (χ1) is 20.4. The molecule has 1 aliphatic heterocycles. The van der Waals surface area contributed by atoms with Crippen LogP contribution in [0, 0.1) is 22.7 Å². The summed E-state index contributed by atoms with van der Waals surface area (Å²) in [5.41, 5.74) is 2.96. The lowest BCUT2D eigenvalue weighted by Gasteiger charge is -2.47. The molecule has 0 aliphatic carbocycles. The molecule has 3 aromatic heterocycles. The highest BCUT2D eigenvalue weighted by molar-refractivity contribution is 7.17. The van der Waals surface area contributed by atoms with Gasteiger partial charge in [0.2, 0.25) is 5.95 Å². The average molecular weight is 594 g/mol. The fraction of sp³-hybridized carbons (Fsp3) is 0.433. The molecule has 0 saturated carbocycles. The van der Waals surface area contributed by atoms with Crippen molar-refractivity contribution in [1.82, 2.24) is 29.5 Å². The highest BCUT2D eigenvalue weighted by Crippen LogP contribution is 2.35. The molecule has 4 heterocycles. The van der Waals surface area contributed by atoms with Gasteiger partial charge in [-0.15, -0.1) is 11.3 Å². The molecule has 0 unspecified atom stereocenters. The number of fused-ring (bicyclic) bond motifs is 1. The molecule has 3 aromatic rings. The van der Waals surface area contributed by atoms with Gasteiger partial charge in [0.1, 0.15) is 19.1 Å². The number of anilines is 1. The fourth-order valence-corrected chi connectivity index (χ4v) is 4.90. The van der Waals surface area contributed by atoms with Crippen molar-refractivity contribution in [2.75, 3.05) is 39.0 Å². The van der Waals surface area contributed by atoms with Gasteiger partial charge < -0.3 is 24.7 Å². The van der Waals surface area contributed by atoms with Crippen LogP contribution in [0.25, 0.3) is 21.5 Å². The topological polar surface area (TPSA) is 144 Å². The molecule has 1 N–H and O–H groups in total. The summed E-state index contributed by atoms with van der Waals surface area (Å²) in [5.74, 6) is 0.457. The predicted molar refractivity (Wildman–Crippen MR) is 171 cm³/mol. The first-order valence-corrected chi connectivity index (χ1v) is 14.4. The van der Waals surface area contributed by atoms with Crippen molar-refractivity contribution < 1.29 is 9.59 Å². The lowest BCUT2D eigenvalue weighted by molar-refractivity contribution is -0.0987. The van der Waals surface area contributed by atoms with Gasteiger partial charge in [0.15, 0.2) is 0 Å². The van der Waals surface area contributed by atoms with Crippen LogP contribution < -0.4 is 5.32 Å². The number of nitriles is 2. The summed E-state index contributed by atoms with van der Waals surface area (Å²) in [6, 6.07) is 6.42. The lowest BCUT2D eigenvalue weighted by Crippen LogP contribution is -2.61. The van der Waals surface area contributed by atoms with E-state index in [1.165, 1.54) is 6.42 Å². The molecule has 1 saturated heterocycles. The molecular formula is C30H43N9O2S. The van der Waals surface area contributed by atoms with E-state index in [1.807, 2.05) is 81.1 Å². The summed E-state index contributed by atoms with van der Waals surface area (Å²) in [4.78, 5) is 29.6. The number of rotatable bonds is 9. The van der Waals surface area contributed by atoms with Gasteiger partial charge in [-0.2, -0.15) is 15.6 Å². The van der Waals surface area contributed by atoms with Gasteiger partial charge in [-0.1, -0.05) is 40.7 Å². The zero-order valence-corrected chi connectivity index (χ0v) is 26.4. The summed E-state index contributed by atoms with van der Waals surface area (Å²) < 4.78 is 2.90. The van der Waals surface area contributed by atoms with Gasteiger partial charge in [-0.3, -0.25) is 4.68 Å². The highest BCUT2D eigenvalue weighted by Gasteiger charge is 2.43. The second-order valence-electron chi connectivity index (χ2n) is 8.95. The van der Waals surface area contributed by atoms with Crippen LogP contribution in [0.4, 0.5) is 5.95 Å². The molecule has 0 atom stereocenters. The van der Waals surface area contributed by atoms with E-state index in [2.05, 4.69) is 52.9 Å². The monoisotopic (exact) mass is 593 g/mol. The summed E-state index contributed by atoms with van der Waals surface area (Å²) in [6.07, 6.45) is 9.46. The number of hydrogen-bond donors (Lipinski definition) is 1. The highest BCUT2D eigenvalue weighted by atomic mass is 32.1. The summed E-state index contributed by atoms with van der Waals surface area (Å²) in [7, 11) is 3.94. The molecule has 226 valence electrons. The summed E-state index contributed by atoms with van der Waals surface area (Å²) in [6.45, 7) is 18.3. The number of thiophene rings is 1. The molecule has 0 aromatic carbocycles. The summed E-state index contributed by atoms with van der Waals surface area (Å²) in [5, 5.41) is 28.0. The van der Waals surface area contributed by atoms with E-state index in [0.717, 1.165) is 40.3 Å². The first kappa shape index (κ1) is 37.6. The molecule has 0 spiro atoms. The standard InChI is InChI=1S/C23H25N9S.C3H8.C2H6.2CH2O/c1-4-18(14-30(2)10-5-8-24)27-22-28-19-6-11-33-21(19)20(29-22)17-12-26-32(13-17)23(7-9-25)15-31(3)16-23;1-3-2;3*1-2/h4,6,11-14H,1,5,7,10,15-16H2,2-3H3,(H,27,28,29);3H2,1-2H3;1-2H3;2*1H2/b18-14+;;;;. The Morgan fingerprint density at radius 3 is 2.38 bits per heavy atom. The minimum Gasteiger partial charge on any atom is -0.378 e. The molecule has 11 nitrogen and oxygen atoms in total. The number of likely N-dealkylation sites (tertiary alicyclic amines) is 1. The van der Waals surface area contributed by atoms with Crippen molar-refractivity contribution >= 4 is 41.1 Å². The van der Waals surface area contributed by atoms with Gasteiger partial charge >= 0.3 is 0 Å². The summed E-state index contributed by atoms with van der Waals surface area (Å²) >= 11 is 1.58. The van der Waals surface area contributed by atoms with Crippen LogP contribution >= 0.6 is 11.3 Å². The van der Waals surface area contributed by atoms with Crippen molar-refractivity contribution in [3.8, 4) is 23.4 Å². The van der Waals surface area contributed by atoms with E-state index in [1.54, 1.807) is 17.4 Å². The van der Waals surface area contributed by atoms with Crippen LogP contribution in [0.2, 0.25) is 0 Å². The number of carbonyl (C=O) groups is 2. The minimum atomic E-state index is -0.294. The van der Waals surface area contributed by atoms with Gasteiger partial charge in [0.05, 0.1) is 52.8 Å². The Bertz CT molecular complexity index is 1330. The number of hydrogen-bond acceptors (Lipinski definition) is 11. The van der Waals surface area contributed by atoms with Crippen LogP contribution in [0.3, 0.4) is 0 Å². The zero-order valence-electron chi connectivity index (χ0n) is 25.6. The third-order valence-corrected chi connectivity index (χ3v) is 6.50. The second-order valence-corrected chi connectivity index (χ2v) is 9.86. The maximum atomic E-state index is 9.34. The molecule has 0 bridgehead atoms. The minimum absolute atomic E-state index is 0.294. The normalized spacial score (nSPS) is 12.9. The van der Waals surface area contributed by atoms with Gasteiger partial charge in [-0.25, -0.2) is 9.97 Å². The SMILES string of the molecule is C=C/C(=C\N(C)CCC#N)Nc1nc(-c2cnn(C3(CC#N)CN(C)C3)c2)c2sccc2n1.C=O.C=O.CC.CCC. The Morgan fingerprint density at radius 1 is 1.19 bits per heavy atom. The Morgan fingerprint density at radius 2 is 1.83 bits per heavy atom. The smallest absolute Gasteiger partial charge is 0.228 e. The van der Waals surface area contributed by atoms with Crippen molar-refractivity contribution in [3.63, 3.8) is 0 Å². The van der Waals surface area contributed by atoms with Crippen LogP contribution in [-0.4, -0.2) is 76.9 Å². The maximum Gasteiger partial charge on any atom is 0.228 e. The Hall–Kier alpha value is -4.39. The molecule has 0 amide bonds. The Kier molecular flexibility index (Phi) is 18.3. The van der Waals surface area contributed by atoms with Crippen LogP contribution in [-0.2, 0) is 15.1 Å². The van der Waals surface area contributed by atoms with E-state index < -0.39 is 0 Å². The quantitative estimate of drug-likeness (QED) is 0.317. The van der Waals surface area contributed by atoms with E-state index in [0.29, 0.717) is 25.3 Å². The third kappa shape index (κ3) is 10.2. The molecule has 1 aliphatic rings. The number of aromatic nitrogens is 4. The van der Waals surface area contributed by atoms with Crippen LogP contribution in [0.5, 0.6) is 0 Å². The number of nitrogens with zero attached hydrogens (tertiary/aromatic N) is 8. The van der Waals surface area contributed by atoms with Crippen molar-refractivity contribution in [1.29, 1.82) is 10.5 Å². The molecule has 1 fully saturated rings. The number of likely N-dealkylation sites (N-methyl/N-ethyl adjacent to an activating group) is 1. The van der Waals surface area contributed by atoms with Crippen LogP contribution in [0.15, 0.2) is 48.4 Å². The molecular weight excluding hydrogens is 550 g/mol. The predicted octanol–water partition coefficient (Wildman–Crippen LogP) is 5.47. The van der Waals surface area contributed by atoms with Crippen molar-refractivity contribution in [2.45, 2.75) is 52.5 Å². The molecule has 12 heteroatoms. The fourth-order valence-electron chi connectivity index (χ4n) is 4.06. The zero-order chi connectivity index (χ0) is 32.1. The van der Waals surface area contributed by atoms with Crippen LogP contribution in [0.1, 0.15) is 47.0 Å². The Balaban J connectivity index is 0.00000169. The van der Waals surface area contributed by atoms with Crippen molar-refractivity contribution in [3.05, 3.63) is 48.4 Å². The van der Waals surface area contributed by atoms with Gasteiger partial charge in [0.25, 0.3) is 0 Å². The first-order valence-electron chi connectivity index (χ1n) is 13.5. The average Bonchev–Trinajstić information content (AvgIpc) is 3.69. The van der Waals surface area contributed by atoms with Gasteiger partial charge in [0, 0.05) is 44.6 Å². The molecule has 4 rings (SSSR count). The van der Waals surface area contributed by atoms with Gasteiger partial charge in [-0.05, 0) is 24.6 Å². The number of carbonyl (C=O) groups excluding carboxylic acids is 2. The van der Waals surface area contributed by atoms with E-state index in [4.69, 9.17) is 19.8 Å². The number of allylic oxidation sites excluding steroid dienone is 1. The van der Waals surface area contributed by atoms with E-state index in [-0.39, 0.29) is 5.54 Å². The Labute approximate surface area is 253 Å². The van der Waals surface area contributed by atoms with Crippen molar-refractivity contribution in [2.24, 2.45) is 0 Å². The van der Waals surface area contributed by atoms with E-state index >= 15 is 0 Å². The largest absolute Gasteiger partial charge is 0.378 e. The molecule has 0 radical (unpaired) electrons. The number of nitrogens with one attached hydrogen (secondary N) is 1. The third-order valence-electron chi connectivity index (χ3n) is 5.59. The second kappa shape index (κ2) is 20.5. The molecule has 42 heavy (non-hydrogen) atoms. The van der Waals surface area contributed by atoms with E-state index in [9.17, 15) is 5.26 Å².